The van der Waals surface area contributed by atoms with Crippen LogP contribution in [0.4, 0.5) is 0 Å². The van der Waals surface area contributed by atoms with E-state index in [1.54, 1.807) is 29.2 Å². The van der Waals surface area contributed by atoms with Gasteiger partial charge >= 0.3 is 0 Å². The molecule has 0 radical (unpaired) electrons. The molecule has 0 saturated heterocycles. The van der Waals surface area contributed by atoms with Crippen LogP contribution in [0.25, 0.3) is 5.65 Å². The zero-order chi connectivity index (χ0) is 14.1. The highest BCUT2D eigenvalue weighted by Gasteiger charge is 2.15. The number of aryl methyl sites for hydroxylation is 1. The number of fused-ring (bicyclic) bond motifs is 1. The number of aromatic nitrogens is 5. The van der Waals surface area contributed by atoms with Gasteiger partial charge in [0.15, 0.2) is 5.65 Å². The maximum absolute atomic E-state index is 12.2. The SMILES string of the molecule is CC(NC(=O)c1cnc2ccnn2c1)c1nccn1C. The topological polar surface area (TPSA) is 77.1 Å². The lowest BCUT2D eigenvalue weighted by Crippen LogP contribution is -2.28. The summed E-state index contributed by atoms with van der Waals surface area (Å²) in [4.78, 5) is 20.6. The van der Waals surface area contributed by atoms with E-state index in [0.29, 0.717) is 11.2 Å². The quantitative estimate of drug-likeness (QED) is 0.768. The lowest BCUT2D eigenvalue weighted by atomic mass is 10.2. The molecule has 102 valence electrons. The summed E-state index contributed by atoms with van der Waals surface area (Å²) in [5.74, 6) is 0.594. The molecule has 7 nitrogen and oxygen atoms in total. The Kier molecular flexibility index (Phi) is 2.94. The molecule has 3 aromatic rings. The molecule has 1 amide bonds. The highest BCUT2D eigenvalue weighted by atomic mass is 16.1. The molecule has 3 aromatic heterocycles. The first kappa shape index (κ1) is 12.3. The highest BCUT2D eigenvalue weighted by Crippen LogP contribution is 2.10. The number of carbonyl (C=O) groups is 1. The lowest BCUT2D eigenvalue weighted by Gasteiger charge is -2.13. The van der Waals surface area contributed by atoms with Gasteiger partial charge < -0.3 is 9.88 Å². The summed E-state index contributed by atoms with van der Waals surface area (Å²) in [5.41, 5.74) is 1.17. The molecule has 1 unspecified atom stereocenters. The largest absolute Gasteiger partial charge is 0.342 e. The summed E-state index contributed by atoms with van der Waals surface area (Å²) in [5, 5.41) is 6.96. The maximum atomic E-state index is 12.2. The van der Waals surface area contributed by atoms with E-state index >= 15 is 0 Å². The summed E-state index contributed by atoms with van der Waals surface area (Å²) < 4.78 is 3.44. The van der Waals surface area contributed by atoms with Crippen molar-refractivity contribution in [1.29, 1.82) is 0 Å². The van der Waals surface area contributed by atoms with E-state index in [4.69, 9.17) is 0 Å². The van der Waals surface area contributed by atoms with Gasteiger partial charge in [-0.2, -0.15) is 5.10 Å². The van der Waals surface area contributed by atoms with Crippen molar-refractivity contribution in [3.63, 3.8) is 0 Å². The van der Waals surface area contributed by atoms with Crippen LogP contribution in [-0.4, -0.2) is 30.1 Å². The van der Waals surface area contributed by atoms with Gasteiger partial charge in [-0.05, 0) is 6.92 Å². The second-order valence-electron chi connectivity index (χ2n) is 4.57. The molecule has 0 saturated carbocycles. The van der Waals surface area contributed by atoms with E-state index in [1.165, 1.54) is 6.20 Å². The molecule has 0 aliphatic carbocycles. The number of carbonyl (C=O) groups excluding carboxylic acids is 1. The molecule has 0 aliphatic rings. The van der Waals surface area contributed by atoms with Crippen molar-refractivity contribution in [3.05, 3.63) is 48.4 Å². The van der Waals surface area contributed by atoms with Crippen LogP contribution in [0, 0.1) is 0 Å². The van der Waals surface area contributed by atoms with Crippen molar-refractivity contribution in [1.82, 2.24) is 29.5 Å². The molecule has 20 heavy (non-hydrogen) atoms. The Labute approximate surface area is 115 Å². The molecule has 0 aromatic carbocycles. The average Bonchev–Trinajstić information content (AvgIpc) is 3.05. The Morgan fingerprint density at radius 3 is 2.95 bits per heavy atom. The predicted molar refractivity (Wildman–Crippen MR) is 72.1 cm³/mol. The molecule has 7 heteroatoms. The Hall–Kier alpha value is -2.70. The summed E-state index contributed by atoms with van der Waals surface area (Å²) in [6.45, 7) is 1.89. The van der Waals surface area contributed by atoms with Crippen LogP contribution >= 0.6 is 0 Å². The number of nitrogens with one attached hydrogen (secondary N) is 1. The molecule has 1 atom stereocenters. The molecule has 3 rings (SSSR count). The van der Waals surface area contributed by atoms with Crippen molar-refractivity contribution in [2.24, 2.45) is 7.05 Å². The normalized spacial score (nSPS) is 12.5. The fraction of sp³-hybridized carbons (Fsp3) is 0.231. The molecular weight excluding hydrogens is 256 g/mol. The number of nitrogens with zero attached hydrogens (tertiary/aromatic N) is 5. The molecule has 0 bridgehead atoms. The van der Waals surface area contributed by atoms with Crippen LogP contribution in [0.5, 0.6) is 0 Å². The summed E-state index contributed by atoms with van der Waals surface area (Å²) in [6.07, 6.45) is 8.38. The van der Waals surface area contributed by atoms with Gasteiger partial charge in [-0.1, -0.05) is 0 Å². The number of hydrogen-bond donors (Lipinski definition) is 1. The second kappa shape index (κ2) is 4.76. The van der Waals surface area contributed by atoms with Crippen molar-refractivity contribution in [2.45, 2.75) is 13.0 Å². The van der Waals surface area contributed by atoms with Crippen molar-refractivity contribution < 1.29 is 4.79 Å². The van der Waals surface area contributed by atoms with E-state index in [2.05, 4.69) is 20.4 Å². The number of imidazole rings is 1. The van der Waals surface area contributed by atoms with Crippen LogP contribution in [0.1, 0.15) is 29.1 Å². The summed E-state index contributed by atoms with van der Waals surface area (Å²) >= 11 is 0. The van der Waals surface area contributed by atoms with Gasteiger partial charge in [0.05, 0.1) is 17.8 Å². The van der Waals surface area contributed by atoms with Gasteiger partial charge in [-0.15, -0.1) is 0 Å². The standard InChI is InChI=1S/C13H14N6O/c1-9(12-14-5-6-18(12)2)17-13(20)10-7-15-11-3-4-16-19(11)8-10/h3-9H,1-2H3,(H,17,20). The molecule has 1 N–H and O–H groups in total. The van der Waals surface area contributed by atoms with Crippen LogP contribution < -0.4 is 5.32 Å². The second-order valence-corrected chi connectivity index (χ2v) is 4.57. The van der Waals surface area contributed by atoms with Gasteiger partial charge in [0.25, 0.3) is 5.91 Å². The Balaban J connectivity index is 1.80. The molecule has 0 spiro atoms. The molecule has 0 aliphatic heterocycles. The third kappa shape index (κ3) is 2.13. The first-order valence-electron chi connectivity index (χ1n) is 6.22. The van der Waals surface area contributed by atoms with Gasteiger partial charge in [-0.25, -0.2) is 14.5 Å². The van der Waals surface area contributed by atoms with Crippen molar-refractivity contribution in [2.75, 3.05) is 0 Å². The fourth-order valence-corrected chi connectivity index (χ4v) is 2.07. The predicted octanol–water partition coefficient (Wildman–Crippen LogP) is 0.954. The number of rotatable bonds is 3. The molecule has 0 fully saturated rings. The van der Waals surface area contributed by atoms with Gasteiger partial charge in [0.2, 0.25) is 0 Å². The van der Waals surface area contributed by atoms with Crippen LogP contribution in [0.3, 0.4) is 0 Å². The van der Waals surface area contributed by atoms with Crippen LogP contribution in [-0.2, 0) is 7.05 Å². The zero-order valence-corrected chi connectivity index (χ0v) is 11.2. The fourth-order valence-electron chi connectivity index (χ4n) is 2.07. The average molecular weight is 270 g/mol. The third-order valence-electron chi connectivity index (χ3n) is 3.10. The minimum Gasteiger partial charge on any atom is -0.342 e. The smallest absolute Gasteiger partial charge is 0.254 e. The van der Waals surface area contributed by atoms with Crippen LogP contribution in [0.15, 0.2) is 37.1 Å². The van der Waals surface area contributed by atoms with Crippen LogP contribution in [0.2, 0.25) is 0 Å². The first-order valence-corrected chi connectivity index (χ1v) is 6.22. The summed E-state index contributed by atoms with van der Waals surface area (Å²) in [7, 11) is 1.89. The monoisotopic (exact) mass is 270 g/mol. The summed E-state index contributed by atoms with van der Waals surface area (Å²) in [6, 6.07) is 1.59. The van der Waals surface area contributed by atoms with E-state index in [-0.39, 0.29) is 11.9 Å². The number of amides is 1. The molecule has 3 heterocycles. The Morgan fingerprint density at radius 2 is 2.20 bits per heavy atom. The Morgan fingerprint density at radius 1 is 1.35 bits per heavy atom. The zero-order valence-electron chi connectivity index (χ0n) is 11.2. The first-order chi connectivity index (χ1) is 9.65. The van der Waals surface area contributed by atoms with E-state index in [9.17, 15) is 4.79 Å². The number of hydrogen-bond acceptors (Lipinski definition) is 4. The van der Waals surface area contributed by atoms with Gasteiger partial charge in [-0.3, -0.25) is 4.79 Å². The minimum absolute atomic E-state index is 0.184. The van der Waals surface area contributed by atoms with E-state index < -0.39 is 0 Å². The van der Waals surface area contributed by atoms with E-state index in [0.717, 1.165) is 5.82 Å². The Bertz CT molecular complexity index is 759. The third-order valence-corrected chi connectivity index (χ3v) is 3.10. The van der Waals surface area contributed by atoms with E-state index in [1.807, 2.05) is 24.7 Å². The maximum Gasteiger partial charge on any atom is 0.254 e. The van der Waals surface area contributed by atoms with Gasteiger partial charge in [0.1, 0.15) is 5.82 Å². The van der Waals surface area contributed by atoms with Crippen molar-refractivity contribution >= 4 is 11.6 Å². The highest BCUT2D eigenvalue weighted by molar-refractivity contribution is 5.94. The van der Waals surface area contributed by atoms with Gasteiger partial charge in [0, 0.05) is 37.9 Å². The molecular formula is C13H14N6O. The minimum atomic E-state index is -0.203. The van der Waals surface area contributed by atoms with Crippen molar-refractivity contribution in [3.8, 4) is 0 Å². The lowest BCUT2D eigenvalue weighted by molar-refractivity contribution is 0.0937.